The molecular weight excluding hydrogens is 241 g/mol. The molecule has 0 aliphatic carbocycles. The topological polar surface area (TPSA) is 30.2 Å². The Hall–Kier alpha value is -0.390. The molecule has 0 saturated carbocycles. The summed E-state index contributed by atoms with van der Waals surface area (Å²) in [6, 6.07) is 0. The van der Waals surface area contributed by atoms with Gasteiger partial charge in [-0.15, -0.1) is 0 Å². The number of aliphatic imine (C=N–C) groups is 1. The molecule has 2 heterocycles. The highest BCUT2D eigenvalue weighted by molar-refractivity contribution is 14.1. The third-order valence-electron chi connectivity index (χ3n) is 1.51. The van der Waals surface area contributed by atoms with E-state index in [1.807, 2.05) is 12.5 Å². The fourth-order valence-corrected chi connectivity index (χ4v) is 1.56. The van der Waals surface area contributed by atoms with Crippen LogP contribution >= 0.6 is 22.6 Å². The van der Waals surface area contributed by atoms with Crippen molar-refractivity contribution in [3.8, 4) is 0 Å². The van der Waals surface area contributed by atoms with Crippen LogP contribution in [0.5, 0.6) is 0 Å². The highest BCUT2D eigenvalue weighted by atomic mass is 127. The molecule has 0 saturated heterocycles. The van der Waals surface area contributed by atoms with Gasteiger partial charge in [0.1, 0.15) is 3.70 Å². The smallest absolute Gasteiger partial charge is 0.128 e. The number of rotatable bonds is 0. The van der Waals surface area contributed by atoms with Crippen LogP contribution in [0.2, 0.25) is 0 Å². The van der Waals surface area contributed by atoms with E-state index in [2.05, 4.69) is 37.1 Å². The first-order chi connectivity index (χ1) is 4.88. The van der Waals surface area contributed by atoms with Crippen LogP contribution in [0.3, 0.4) is 0 Å². The van der Waals surface area contributed by atoms with E-state index in [1.165, 1.54) is 0 Å². The lowest BCUT2D eigenvalue weighted by molar-refractivity contribution is 0.690. The van der Waals surface area contributed by atoms with Gasteiger partial charge in [0.2, 0.25) is 0 Å². The van der Waals surface area contributed by atoms with Crippen molar-refractivity contribution < 1.29 is 0 Å². The quantitative estimate of drug-likeness (QED) is 0.627. The van der Waals surface area contributed by atoms with Gasteiger partial charge in [0.05, 0.1) is 18.6 Å². The number of imidazole rings is 1. The Morgan fingerprint density at radius 3 is 3.30 bits per heavy atom. The molecule has 0 spiro atoms. The maximum Gasteiger partial charge on any atom is 0.128 e. The Bertz CT molecular complexity index is 277. The average molecular weight is 247 g/mol. The lowest BCUT2D eigenvalue weighted by Gasteiger charge is -2.06. The van der Waals surface area contributed by atoms with Crippen LogP contribution in [0.15, 0.2) is 11.3 Å². The molecule has 52 valence electrons. The molecular formula is C6H6IN3. The van der Waals surface area contributed by atoms with Crippen LogP contribution in [-0.2, 0) is 6.54 Å². The molecule has 3 nitrogen and oxygen atoms in total. The van der Waals surface area contributed by atoms with E-state index in [1.54, 1.807) is 0 Å². The first-order valence-corrected chi connectivity index (χ1v) is 4.16. The van der Waals surface area contributed by atoms with Crippen LogP contribution in [-0.4, -0.2) is 22.3 Å². The van der Waals surface area contributed by atoms with Gasteiger partial charge in [-0.1, -0.05) is 0 Å². The normalized spacial score (nSPS) is 15.3. The number of hydrogen-bond acceptors (Lipinski definition) is 2. The molecule has 0 aromatic carbocycles. The van der Waals surface area contributed by atoms with Crippen molar-refractivity contribution in [3.05, 3.63) is 15.7 Å². The van der Waals surface area contributed by atoms with Gasteiger partial charge in [-0.2, -0.15) is 0 Å². The Balaban J connectivity index is 2.57. The van der Waals surface area contributed by atoms with Gasteiger partial charge in [0.25, 0.3) is 0 Å². The van der Waals surface area contributed by atoms with Crippen molar-refractivity contribution in [1.29, 1.82) is 0 Å². The summed E-state index contributed by atoms with van der Waals surface area (Å²) in [5.41, 5.74) is 1.15. The van der Waals surface area contributed by atoms with Crippen molar-refractivity contribution >= 4 is 28.8 Å². The Morgan fingerprint density at radius 1 is 1.60 bits per heavy atom. The van der Waals surface area contributed by atoms with E-state index in [-0.39, 0.29) is 0 Å². The fourth-order valence-electron chi connectivity index (χ4n) is 0.989. The third kappa shape index (κ3) is 0.865. The summed E-state index contributed by atoms with van der Waals surface area (Å²) in [4.78, 5) is 8.32. The number of hydrogen-bond donors (Lipinski definition) is 0. The first kappa shape index (κ1) is 6.33. The molecule has 0 amide bonds. The highest BCUT2D eigenvalue weighted by Crippen LogP contribution is 2.10. The van der Waals surface area contributed by atoms with Crippen molar-refractivity contribution in [3.63, 3.8) is 0 Å². The van der Waals surface area contributed by atoms with Crippen LogP contribution in [0.25, 0.3) is 0 Å². The molecule has 0 fully saturated rings. The van der Waals surface area contributed by atoms with Crippen molar-refractivity contribution in [1.82, 2.24) is 9.55 Å². The summed E-state index contributed by atoms with van der Waals surface area (Å²) >= 11 is 2.22. The van der Waals surface area contributed by atoms with Gasteiger partial charge in [-0.3, -0.25) is 4.99 Å². The third-order valence-corrected chi connectivity index (χ3v) is 2.35. The molecule has 0 bridgehead atoms. The summed E-state index contributed by atoms with van der Waals surface area (Å²) in [7, 11) is 0. The molecule has 0 N–H and O–H groups in total. The van der Waals surface area contributed by atoms with E-state index in [0.717, 1.165) is 22.5 Å². The largest absolute Gasteiger partial charge is 0.327 e. The number of fused-ring (bicyclic) bond motifs is 1. The zero-order chi connectivity index (χ0) is 6.97. The van der Waals surface area contributed by atoms with Crippen molar-refractivity contribution in [2.45, 2.75) is 6.54 Å². The van der Waals surface area contributed by atoms with E-state index in [0.29, 0.717) is 0 Å². The first-order valence-electron chi connectivity index (χ1n) is 3.08. The van der Waals surface area contributed by atoms with Gasteiger partial charge in [0.15, 0.2) is 0 Å². The van der Waals surface area contributed by atoms with Crippen molar-refractivity contribution in [2.75, 3.05) is 6.54 Å². The standard InChI is InChI=1S/C6H6IN3/c7-6-5-3-8-1-2-10(5)4-9-6/h3-4H,1-2H2. The van der Waals surface area contributed by atoms with Crippen LogP contribution < -0.4 is 0 Å². The molecule has 0 unspecified atom stereocenters. The van der Waals surface area contributed by atoms with E-state index >= 15 is 0 Å². The lowest BCUT2D eigenvalue weighted by Crippen LogP contribution is -2.09. The predicted molar refractivity (Wildman–Crippen MR) is 47.4 cm³/mol. The van der Waals surface area contributed by atoms with Gasteiger partial charge in [0, 0.05) is 12.8 Å². The molecule has 1 aliphatic heterocycles. The zero-order valence-electron chi connectivity index (χ0n) is 5.29. The van der Waals surface area contributed by atoms with Gasteiger partial charge < -0.3 is 4.57 Å². The minimum absolute atomic E-state index is 0.888. The maximum absolute atomic E-state index is 4.16. The predicted octanol–water partition coefficient (Wildman–Crippen LogP) is 0.920. The maximum atomic E-state index is 4.16. The summed E-state index contributed by atoms with van der Waals surface area (Å²) < 4.78 is 3.16. The minimum atomic E-state index is 0.888. The van der Waals surface area contributed by atoms with E-state index in [4.69, 9.17) is 0 Å². The lowest BCUT2D eigenvalue weighted by atomic mass is 10.4. The minimum Gasteiger partial charge on any atom is -0.327 e. The Kier molecular flexibility index (Phi) is 1.48. The summed E-state index contributed by atoms with van der Waals surface area (Å²) in [6.07, 6.45) is 3.75. The molecule has 0 atom stereocenters. The molecule has 1 aliphatic rings. The van der Waals surface area contributed by atoms with Gasteiger partial charge in [-0.25, -0.2) is 4.98 Å². The van der Waals surface area contributed by atoms with Crippen molar-refractivity contribution in [2.24, 2.45) is 4.99 Å². The number of halogens is 1. The Morgan fingerprint density at radius 2 is 2.50 bits per heavy atom. The monoisotopic (exact) mass is 247 g/mol. The second-order valence-electron chi connectivity index (χ2n) is 2.15. The summed E-state index contributed by atoms with van der Waals surface area (Å²) in [5.74, 6) is 0. The highest BCUT2D eigenvalue weighted by Gasteiger charge is 2.07. The molecule has 1 aromatic rings. The Labute approximate surface area is 72.3 Å². The van der Waals surface area contributed by atoms with Crippen LogP contribution in [0.1, 0.15) is 5.69 Å². The molecule has 4 heteroatoms. The van der Waals surface area contributed by atoms with Gasteiger partial charge in [-0.05, 0) is 22.6 Å². The molecule has 10 heavy (non-hydrogen) atoms. The number of aromatic nitrogens is 2. The molecule has 2 rings (SSSR count). The molecule has 0 radical (unpaired) electrons. The van der Waals surface area contributed by atoms with Gasteiger partial charge >= 0.3 is 0 Å². The van der Waals surface area contributed by atoms with E-state index < -0.39 is 0 Å². The van der Waals surface area contributed by atoms with E-state index in [9.17, 15) is 0 Å². The number of nitrogens with zero attached hydrogens (tertiary/aromatic N) is 3. The van der Waals surface area contributed by atoms with Crippen LogP contribution in [0.4, 0.5) is 0 Å². The SMILES string of the molecule is Ic1ncn2c1C=NCC2. The molecule has 1 aromatic heterocycles. The summed E-state index contributed by atoms with van der Waals surface area (Å²) in [5, 5.41) is 0. The second kappa shape index (κ2) is 2.34. The second-order valence-corrected chi connectivity index (χ2v) is 3.17. The average Bonchev–Trinajstić information content (AvgIpc) is 2.34. The fraction of sp³-hybridized carbons (Fsp3) is 0.333. The van der Waals surface area contributed by atoms with Crippen LogP contribution in [0, 0.1) is 3.70 Å². The summed E-state index contributed by atoms with van der Waals surface area (Å²) in [6.45, 7) is 1.86. The zero-order valence-corrected chi connectivity index (χ0v) is 7.45.